The lowest BCUT2D eigenvalue weighted by atomic mass is 10.2. The molecule has 0 bridgehead atoms. The number of ketones is 2. The van der Waals surface area contributed by atoms with E-state index in [0.29, 0.717) is 21.3 Å². The molecule has 0 fully saturated rings. The summed E-state index contributed by atoms with van der Waals surface area (Å²) in [5.74, 6) is 1.22. The van der Waals surface area contributed by atoms with E-state index < -0.39 is 0 Å². The van der Waals surface area contributed by atoms with Crippen LogP contribution in [0.5, 0.6) is 0 Å². The Bertz CT molecular complexity index is 723. The maximum Gasteiger partial charge on any atom is 0.193 e. The summed E-state index contributed by atoms with van der Waals surface area (Å²) in [5.41, 5.74) is 2.27. The van der Waals surface area contributed by atoms with Crippen molar-refractivity contribution in [2.75, 3.05) is 0 Å². The Labute approximate surface area is 150 Å². The predicted molar refractivity (Wildman–Crippen MR) is 102 cm³/mol. The second-order valence-corrected chi connectivity index (χ2v) is 7.33. The Kier molecular flexibility index (Phi) is 5.72. The first-order valence-corrected chi connectivity index (χ1v) is 9.55. The summed E-state index contributed by atoms with van der Waals surface area (Å²) in [6.07, 6.45) is 2.95. The van der Waals surface area contributed by atoms with E-state index in [1.807, 2.05) is 60.7 Å². The van der Waals surface area contributed by atoms with Crippen molar-refractivity contribution in [1.82, 2.24) is 0 Å². The number of thioether (sulfide) groups is 2. The number of carbonyl (C=O) groups excluding carboxylic acids is 2. The van der Waals surface area contributed by atoms with E-state index in [-0.39, 0.29) is 11.6 Å². The highest BCUT2D eigenvalue weighted by Gasteiger charge is 2.21. The minimum atomic E-state index is -0.0777. The van der Waals surface area contributed by atoms with E-state index in [2.05, 4.69) is 0 Å². The molecule has 0 aliphatic heterocycles. The second-order valence-electron chi connectivity index (χ2n) is 5.29. The third-order valence-electron chi connectivity index (χ3n) is 3.48. The fourth-order valence-electron chi connectivity index (χ4n) is 2.22. The molecule has 2 aromatic rings. The van der Waals surface area contributed by atoms with Gasteiger partial charge < -0.3 is 0 Å². The van der Waals surface area contributed by atoms with Crippen molar-refractivity contribution >= 4 is 35.1 Å². The largest absolute Gasteiger partial charge is 0.289 e. The zero-order valence-electron chi connectivity index (χ0n) is 13.0. The molecule has 0 saturated carbocycles. The van der Waals surface area contributed by atoms with Gasteiger partial charge in [0.2, 0.25) is 0 Å². The highest BCUT2D eigenvalue weighted by atomic mass is 32.2. The van der Waals surface area contributed by atoms with Crippen molar-refractivity contribution < 1.29 is 9.59 Å². The Morgan fingerprint density at radius 2 is 0.958 bits per heavy atom. The Balaban J connectivity index is 1.59. The monoisotopic (exact) mass is 352 g/mol. The topological polar surface area (TPSA) is 34.1 Å². The SMILES string of the molecule is O=C1C=C(SCc2ccccc2)C(=O)C=C1SCc1ccccc1. The van der Waals surface area contributed by atoms with E-state index in [1.165, 1.54) is 35.7 Å². The van der Waals surface area contributed by atoms with Crippen LogP contribution >= 0.6 is 23.5 Å². The fraction of sp³-hybridized carbons (Fsp3) is 0.100. The molecule has 1 aliphatic carbocycles. The number of allylic oxidation sites excluding steroid dienone is 4. The van der Waals surface area contributed by atoms with E-state index >= 15 is 0 Å². The van der Waals surface area contributed by atoms with Gasteiger partial charge in [0.15, 0.2) is 11.6 Å². The molecule has 0 amide bonds. The van der Waals surface area contributed by atoms with Crippen LogP contribution in [0.25, 0.3) is 0 Å². The molecule has 0 spiro atoms. The maximum absolute atomic E-state index is 12.3. The molecule has 0 saturated heterocycles. The van der Waals surface area contributed by atoms with Gasteiger partial charge in [-0.3, -0.25) is 9.59 Å². The van der Waals surface area contributed by atoms with Crippen LogP contribution < -0.4 is 0 Å². The molecule has 0 N–H and O–H groups in total. The van der Waals surface area contributed by atoms with Gasteiger partial charge in [-0.15, -0.1) is 23.5 Å². The molecular formula is C20H16O2S2. The Morgan fingerprint density at radius 3 is 1.33 bits per heavy atom. The van der Waals surface area contributed by atoms with Crippen LogP contribution in [0, 0.1) is 0 Å². The minimum absolute atomic E-state index is 0.0777. The summed E-state index contributed by atoms with van der Waals surface area (Å²) in [6, 6.07) is 19.8. The Morgan fingerprint density at radius 1 is 0.583 bits per heavy atom. The molecule has 0 aromatic heterocycles. The van der Waals surface area contributed by atoms with Gasteiger partial charge in [0.05, 0.1) is 9.81 Å². The van der Waals surface area contributed by atoms with Crippen LogP contribution in [-0.2, 0) is 21.1 Å². The van der Waals surface area contributed by atoms with Gasteiger partial charge in [0, 0.05) is 23.7 Å². The quantitative estimate of drug-likeness (QED) is 0.701. The Hall–Kier alpha value is -2.04. The van der Waals surface area contributed by atoms with Crippen LogP contribution in [0.2, 0.25) is 0 Å². The zero-order chi connectivity index (χ0) is 16.8. The standard InChI is InChI=1S/C20H16O2S2/c21-17-12-20(24-14-16-9-5-2-6-10-16)18(22)11-19(17)23-13-15-7-3-1-4-8-15/h1-12H,13-14H2. The lowest BCUT2D eigenvalue weighted by molar-refractivity contribution is -0.114. The second kappa shape index (κ2) is 8.18. The summed E-state index contributed by atoms with van der Waals surface area (Å²) >= 11 is 2.83. The third-order valence-corrected chi connectivity index (χ3v) is 5.70. The van der Waals surface area contributed by atoms with Gasteiger partial charge in [-0.2, -0.15) is 0 Å². The molecule has 3 rings (SSSR count). The zero-order valence-corrected chi connectivity index (χ0v) is 14.6. The first-order valence-electron chi connectivity index (χ1n) is 7.58. The van der Waals surface area contributed by atoms with Gasteiger partial charge in [0.25, 0.3) is 0 Å². The van der Waals surface area contributed by atoms with Crippen molar-refractivity contribution in [2.45, 2.75) is 11.5 Å². The summed E-state index contributed by atoms with van der Waals surface area (Å²) in [4.78, 5) is 25.5. The summed E-state index contributed by atoms with van der Waals surface area (Å²) in [5, 5.41) is 0. The minimum Gasteiger partial charge on any atom is -0.289 e. The van der Waals surface area contributed by atoms with Crippen LogP contribution in [0.1, 0.15) is 11.1 Å². The van der Waals surface area contributed by atoms with Gasteiger partial charge in [0.1, 0.15) is 0 Å². The highest BCUT2D eigenvalue weighted by Crippen LogP contribution is 2.31. The van der Waals surface area contributed by atoms with E-state index in [0.717, 1.165) is 11.1 Å². The molecule has 2 aromatic carbocycles. The van der Waals surface area contributed by atoms with Crippen molar-refractivity contribution in [3.8, 4) is 0 Å². The predicted octanol–water partition coefficient (Wildman–Crippen LogP) is 4.77. The highest BCUT2D eigenvalue weighted by molar-refractivity contribution is 8.04. The van der Waals surface area contributed by atoms with Gasteiger partial charge in [-0.05, 0) is 11.1 Å². The molecule has 0 atom stereocenters. The van der Waals surface area contributed by atoms with E-state index in [4.69, 9.17) is 0 Å². The first kappa shape index (κ1) is 16.8. The lowest BCUT2D eigenvalue weighted by Gasteiger charge is -2.11. The maximum atomic E-state index is 12.3. The van der Waals surface area contributed by atoms with Crippen LogP contribution in [-0.4, -0.2) is 11.6 Å². The summed E-state index contributed by atoms with van der Waals surface area (Å²) < 4.78 is 0. The van der Waals surface area contributed by atoms with Crippen LogP contribution in [0.3, 0.4) is 0 Å². The molecule has 24 heavy (non-hydrogen) atoms. The first-order chi connectivity index (χ1) is 11.7. The average Bonchev–Trinajstić information content (AvgIpc) is 2.62. The molecule has 120 valence electrons. The van der Waals surface area contributed by atoms with Crippen molar-refractivity contribution in [1.29, 1.82) is 0 Å². The molecule has 2 nitrogen and oxygen atoms in total. The van der Waals surface area contributed by atoms with Gasteiger partial charge in [-0.25, -0.2) is 0 Å². The number of rotatable bonds is 6. The summed E-state index contributed by atoms with van der Waals surface area (Å²) in [6.45, 7) is 0. The smallest absolute Gasteiger partial charge is 0.193 e. The van der Waals surface area contributed by atoms with Crippen molar-refractivity contribution in [2.24, 2.45) is 0 Å². The molecular weight excluding hydrogens is 336 g/mol. The molecule has 1 aliphatic rings. The summed E-state index contributed by atoms with van der Waals surface area (Å²) in [7, 11) is 0. The lowest BCUT2D eigenvalue weighted by Crippen LogP contribution is -2.10. The molecule has 4 heteroatoms. The molecule has 0 radical (unpaired) electrons. The van der Waals surface area contributed by atoms with Gasteiger partial charge in [-0.1, -0.05) is 60.7 Å². The number of carbonyl (C=O) groups is 2. The average molecular weight is 352 g/mol. The van der Waals surface area contributed by atoms with Crippen molar-refractivity contribution in [3.05, 3.63) is 93.8 Å². The van der Waals surface area contributed by atoms with E-state index in [9.17, 15) is 9.59 Å². The number of hydrogen-bond donors (Lipinski definition) is 0. The number of benzene rings is 2. The number of hydrogen-bond acceptors (Lipinski definition) is 4. The van der Waals surface area contributed by atoms with E-state index in [1.54, 1.807) is 0 Å². The normalized spacial score (nSPS) is 14.3. The van der Waals surface area contributed by atoms with Crippen molar-refractivity contribution in [3.63, 3.8) is 0 Å². The molecule has 0 unspecified atom stereocenters. The molecule has 0 heterocycles. The third kappa shape index (κ3) is 4.49. The fourth-order valence-corrected chi connectivity index (χ4v) is 4.03. The van der Waals surface area contributed by atoms with Gasteiger partial charge >= 0.3 is 0 Å². The van der Waals surface area contributed by atoms with Crippen LogP contribution in [0.4, 0.5) is 0 Å². The van der Waals surface area contributed by atoms with Crippen LogP contribution in [0.15, 0.2) is 82.6 Å².